The number of anilines is 2. The quantitative estimate of drug-likeness (QED) is 0.341. The number of para-hydroxylation sites is 1. The molecule has 220 valence electrons. The van der Waals surface area contributed by atoms with Gasteiger partial charge in [0.1, 0.15) is 11.8 Å². The number of carbonyl (C=O) groups excluding carboxylic acids is 3. The number of rotatable bonds is 10. The molecule has 1 heterocycles. The van der Waals surface area contributed by atoms with E-state index < -0.39 is 29.3 Å². The lowest BCUT2D eigenvalue weighted by Gasteiger charge is -2.36. The maximum atomic E-state index is 14.2. The standard InChI is InChI=1S/C31H40N4O6/c1-18-15-19(2)27(20(3)16-18)35(26(37)14-13-25(36)32-24-17-21(4)41-34-24)28(30(38)33-31(5,6)7)22-11-10-12-23(39-8)29(22)40-9/h10-12,15-17,28H,13-14H2,1-9H3,(H,33,38)(H,32,34,36). The summed E-state index contributed by atoms with van der Waals surface area (Å²) in [6.07, 6.45) is -0.297. The van der Waals surface area contributed by atoms with Crippen molar-refractivity contribution in [2.75, 3.05) is 24.4 Å². The van der Waals surface area contributed by atoms with E-state index in [1.54, 1.807) is 31.2 Å². The molecule has 0 aliphatic rings. The van der Waals surface area contributed by atoms with Gasteiger partial charge in [-0.2, -0.15) is 0 Å². The molecule has 2 aromatic carbocycles. The number of nitrogens with one attached hydrogen (secondary N) is 2. The van der Waals surface area contributed by atoms with E-state index in [0.717, 1.165) is 16.7 Å². The Hall–Kier alpha value is -4.34. The molecule has 0 bridgehead atoms. The van der Waals surface area contributed by atoms with E-state index in [4.69, 9.17) is 14.0 Å². The summed E-state index contributed by atoms with van der Waals surface area (Å²) < 4.78 is 16.2. The van der Waals surface area contributed by atoms with Gasteiger partial charge < -0.3 is 24.6 Å². The maximum absolute atomic E-state index is 14.2. The van der Waals surface area contributed by atoms with Crippen molar-refractivity contribution in [1.82, 2.24) is 10.5 Å². The molecular weight excluding hydrogens is 524 g/mol. The van der Waals surface area contributed by atoms with Crippen LogP contribution in [-0.2, 0) is 14.4 Å². The summed E-state index contributed by atoms with van der Waals surface area (Å²) >= 11 is 0. The molecule has 2 N–H and O–H groups in total. The zero-order chi connectivity index (χ0) is 30.5. The van der Waals surface area contributed by atoms with Crippen molar-refractivity contribution >= 4 is 29.2 Å². The van der Waals surface area contributed by atoms with Crippen LogP contribution in [0, 0.1) is 27.7 Å². The molecule has 1 aromatic heterocycles. The van der Waals surface area contributed by atoms with Crippen molar-refractivity contribution in [3.05, 3.63) is 64.4 Å². The average Bonchev–Trinajstić information content (AvgIpc) is 3.28. The van der Waals surface area contributed by atoms with Gasteiger partial charge in [0.15, 0.2) is 17.3 Å². The number of ether oxygens (including phenoxy) is 2. The highest BCUT2D eigenvalue weighted by atomic mass is 16.5. The number of aromatic nitrogens is 1. The molecule has 0 aliphatic carbocycles. The SMILES string of the molecule is COc1cccc(C(C(=O)NC(C)(C)C)N(C(=O)CCC(=O)Nc2cc(C)on2)c2c(C)cc(C)cc2C)c1OC. The molecule has 3 amide bonds. The predicted molar refractivity (Wildman–Crippen MR) is 157 cm³/mol. The second-order valence-electron chi connectivity index (χ2n) is 11.1. The summed E-state index contributed by atoms with van der Waals surface area (Å²) in [4.78, 5) is 42.5. The Morgan fingerprint density at radius 3 is 2.17 bits per heavy atom. The van der Waals surface area contributed by atoms with Crippen LogP contribution in [0.25, 0.3) is 0 Å². The van der Waals surface area contributed by atoms with Gasteiger partial charge in [0.05, 0.1) is 19.9 Å². The van der Waals surface area contributed by atoms with E-state index in [-0.39, 0.29) is 18.7 Å². The summed E-state index contributed by atoms with van der Waals surface area (Å²) in [5.41, 5.74) is 3.09. The molecule has 0 aliphatic heterocycles. The zero-order valence-electron chi connectivity index (χ0n) is 25.3. The summed E-state index contributed by atoms with van der Waals surface area (Å²) in [5.74, 6) is 0.357. The number of amides is 3. The molecule has 10 heteroatoms. The lowest BCUT2D eigenvalue weighted by molar-refractivity contribution is -0.128. The number of hydrogen-bond acceptors (Lipinski definition) is 7. The molecule has 0 saturated carbocycles. The topological polar surface area (TPSA) is 123 Å². The highest BCUT2D eigenvalue weighted by molar-refractivity contribution is 6.04. The average molecular weight is 565 g/mol. The van der Waals surface area contributed by atoms with Crippen molar-refractivity contribution < 1.29 is 28.4 Å². The molecule has 1 unspecified atom stereocenters. The van der Waals surface area contributed by atoms with Gasteiger partial charge in [-0.15, -0.1) is 0 Å². The van der Waals surface area contributed by atoms with Crippen molar-refractivity contribution in [2.45, 2.75) is 72.9 Å². The molecule has 10 nitrogen and oxygen atoms in total. The van der Waals surface area contributed by atoms with Gasteiger partial charge in [-0.3, -0.25) is 19.3 Å². The maximum Gasteiger partial charge on any atom is 0.248 e. The van der Waals surface area contributed by atoms with E-state index in [1.807, 2.05) is 53.7 Å². The number of aryl methyl sites for hydroxylation is 4. The fourth-order valence-corrected chi connectivity index (χ4v) is 4.88. The molecule has 3 aromatic rings. The minimum Gasteiger partial charge on any atom is -0.493 e. The van der Waals surface area contributed by atoms with Crippen LogP contribution < -0.4 is 25.0 Å². The summed E-state index contributed by atoms with van der Waals surface area (Å²) in [7, 11) is 3.00. The molecule has 41 heavy (non-hydrogen) atoms. The van der Waals surface area contributed by atoms with Crippen molar-refractivity contribution in [2.24, 2.45) is 0 Å². The third kappa shape index (κ3) is 7.65. The van der Waals surface area contributed by atoms with E-state index in [0.29, 0.717) is 28.5 Å². The highest BCUT2D eigenvalue weighted by Gasteiger charge is 2.38. The first-order valence-corrected chi connectivity index (χ1v) is 13.4. The third-order valence-corrected chi connectivity index (χ3v) is 6.34. The van der Waals surface area contributed by atoms with Gasteiger partial charge in [-0.25, -0.2) is 0 Å². The van der Waals surface area contributed by atoms with E-state index in [1.165, 1.54) is 19.1 Å². The summed E-state index contributed by atoms with van der Waals surface area (Å²) in [6.45, 7) is 13.1. The van der Waals surface area contributed by atoms with E-state index in [9.17, 15) is 14.4 Å². The zero-order valence-corrected chi connectivity index (χ0v) is 25.3. The van der Waals surface area contributed by atoms with Gasteiger partial charge in [-0.1, -0.05) is 35.0 Å². The number of methoxy groups -OCH3 is 2. The van der Waals surface area contributed by atoms with Crippen LogP contribution in [-0.4, -0.2) is 42.6 Å². The minimum absolute atomic E-state index is 0.131. The first kappa shape index (κ1) is 31.2. The van der Waals surface area contributed by atoms with Crippen molar-refractivity contribution in [3.63, 3.8) is 0 Å². The molecule has 0 fully saturated rings. The van der Waals surface area contributed by atoms with Crippen LogP contribution in [0.3, 0.4) is 0 Å². The lowest BCUT2D eigenvalue weighted by Crippen LogP contribution is -2.50. The van der Waals surface area contributed by atoms with E-state index >= 15 is 0 Å². The smallest absolute Gasteiger partial charge is 0.248 e. The highest BCUT2D eigenvalue weighted by Crippen LogP contribution is 2.41. The number of carbonyl (C=O) groups is 3. The van der Waals surface area contributed by atoms with Crippen LogP contribution in [0.5, 0.6) is 11.5 Å². The molecule has 1 atom stereocenters. The fourth-order valence-electron chi connectivity index (χ4n) is 4.88. The van der Waals surface area contributed by atoms with Crippen LogP contribution in [0.15, 0.2) is 40.9 Å². The Labute approximate surface area is 241 Å². The normalized spacial score (nSPS) is 11.9. The van der Waals surface area contributed by atoms with Crippen LogP contribution >= 0.6 is 0 Å². The Kier molecular flexibility index (Phi) is 9.80. The molecule has 0 saturated heterocycles. The largest absolute Gasteiger partial charge is 0.493 e. The number of nitrogens with zero attached hydrogens (tertiary/aromatic N) is 2. The number of hydrogen-bond donors (Lipinski definition) is 2. The molecular formula is C31H40N4O6. The lowest BCUT2D eigenvalue weighted by atomic mass is 9.96. The summed E-state index contributed by atoms with van der Waals surface area (Å²) in [6, 6.07) is 9.60. The minimum atomic E-state index is -1.13. The van der Waals surface area contributed by atoms with Crippen molar-refractivity contribution in [3.8, 4) is 11.5 Å². The Morgan fingerprint density at radius 2 is 1.63 bits per heavy atom. The molecule has 3 rings (SSSR count). The Morgan fingerprint density at radius 1 is 0.976 bits per heavy atom. The van der Waals surface area contributed by atoms with Crippen LogP contribution in [0.2, 0.25) is 0 Å². The van der Waals surface area contributed by atoms with Gasteiger partial charge in [0.2, 0.25) is 17.7 Å². The third-order valence-electron chi connectivity index (χ3n) is 6.34. The van der Waals surface area contributed by atoms with E-state index in [2.05, 4.69) is 15.8 Å². The monoisotopic (exact) mass is 564 g/mol. The van der Waals surface area contributed by atoms with Crippen LogP contribution in [0.4, 0.5) is 11.5 Å². The Bertz CT molecular complexity index is 1400. The van der Waals surface area contributed by atoms with Gasteiger partial charge in [-0.05, 0) is 65.7 Å². The van der Waals surface area contributed by atoms with Gasteiger partial charge in [0.25, 0.3) is 0 Å². The predicted octanol–water partition coefficient (Wildman–Crippen LogP) is 5.33. The molecule has 0 spiro atoms. The second kappa shape index (κ2) is 12.9. The second-order valence-corrected chi connectivity index (χ2v) is 11.1. The Balaban J connectivity index is 2.15. The van der Waals surface area contributed by atoms with Crippen LogP contribution in [0.1, 0.15) is 67.7 Å². The van der Waals surface area contributed by atoms with Gasteiger partial charge in [0, 0.05) is 30.0 Å². The van der Waals surface area contributed by atoms with Crippen molar-refractivity contribution in [1.29, 1.82) is 0 Å². The fraction of sp³-hybridized carbons (Fsp3) is 0.419. The first-order valence-electron chi connectivity index (χ1n) is 13.4. The first-order chi connectivity index (χ1) is 19.2. The van der Waals surface area contributed by atoms with Gasteiger partial charge >= 0.3 is 0 Å². The number of benzene rings is 2. The summed E-state index contributed by atoms with van der Waals surface area (Å²) in [5, 5.41) is 9.46. The molecule has 0 radical (unpaired) electrons.